The second kappa shape index (κ2) is 8.75. The summed E-state index contributed by atoms with van der Waals surface area (Å²) in [5.74, 6) is 1.01. The zero-order valence-electron chi connectivity index (χ0n) is 15.7. The molecule has 2 fully saturated rings. The lowest BCUT2D eigenvalue weighted by molar-refractivity contribution is -0.120. The number of nitrogens with one attached hydrogen (secondary N) is 1. The van der Waals surface area contributed by atoms with Crippen LogP contribution in [0.1, 0.15) is 12.8 Å². The molecule has 0 atom stereocenters. The van der Waals surface area contributed by atoms with Gasteiger partial charge in [-0.05, 0) is 31.0 Å². The molecule has 0 radical (unpaired) electrons. The van der Waals surface area contributed by atoms with Gasteiger partial charge in [0.1, 0.15) is 6.33 Å². The van der Waals surface area contributed by atoms with Gasteiger partial charge < -0.3 is 19.9 Å². The first kappa shape index (κ1) is 19.0. The van der Waals surface area contributed by atoms with Crippen LogP contribution in [0.15, 0.2) is 36.8 Å². The first-order valence-electron chi connectivity index (χ1n) is 9.65. The quantitative estimate of drug-likeness (QED) is 0.849. The van der Waals surface area contributed by atoms with Crippen LogP contribution in [0.2, 0.25) is 5.02 Å². The van der Waals surface area contributed by atoms with Crippen LogP contribution in [-0.2, 0) is 9.53 Å². The zero-order chi connectivity index (χ0) is 19.3. The molecule has 1 aromatic heterocycles. The molecule has 1 N–H and O–H groups in total. The van der Waals surface area contributed by atoms with Crippen molar-refractivity contribution in [1.82, 2.24) is 9.97 Å². The lowest BCUT2D eigenvalue weighted by atomic mass is 9.95. The van der Waals surface area contributed by atoms with Gasteiger partial charge in [-0.25, -0.2) is 9.97 Å². The normalized spacial score (nSPS) is 18.2. The Morgan fingerprint density at radius 3 is 2.68 bits per heavy atom. The van der Waals surface area contributed by atoms with Crippen LogP contribution < -0.4 is 15.1 Å². The van der Waals surface area contributed by atoms with E-state index in [9.17, 15) is 4.79 Å². The van der Waals surface area contributed by atoms with Gasteiger partial charge in [-0.1, -0.05) is 17.7 Å². The van der Waals surface area contributed by atoms with E-state index in [2.05, 4.69) is 25.1 Å². The van der Waals surface area contributed by atoms with Gasteiger partial charge in [-0.3, -0.25) is 4.79 Å². The average Bonchev–Trinajstić information content (AvgIpc) is 2.74. The number of hydrogen-bond acceptors (Lipinski definition) is 6. The van der Waals surface area contributed by atoms with Crippen molar-refractivity contribution in [2.24, 2.45) is 5.92 Å². The monoisotopic (exact) mass is 401 g/mol. The molecule has 8 heteroatoms. The van der Waals surface area contributed by atoms with Crippen LogP contribution in [-0.4, -0.2) is 55.3 Å². The minimum atomic E-state index is -0.00769. The van der Waals surface area contributed by atoms with Crippen molar-refractivity contribution >= 4 is 34.7 Å². The van der Waals surface area contributed by atoms with Crippen molar-refractivity contribution in [2.45, 2.75) is 12.8 Å². The Bertz CT molecular complexity index is 820. The van der Waals surface area contributed by atoms with E-state index in [1.807, 2.05) is 18.3 Å². The molecule has 0 unspecified atom stereocenters. The van der Waals surface area contributed by atoms with Gasteiger partial charge in [-0.15, -0.1) is 0 Å². The summed E-state index contributed by atoms with van der Waals surface area (Å²) in [6, 6.07) is 7.26. The summed E-state index contributed by atoms with van der Waals surface area (Å²) in [5.41, 5.74) is 1.78. The van der Waals surface area contributed by atoms with E-state index in [0.29, 0.717) is 5.02 Å². The van der Waals surface area contributed by atoms with Gasteiger partial charge in [-0.2, -0.15) is 0 Å². The minimum absolute atomic E-state index is 0.00769. The third-order valence-electron chi connectivity index (χ3n) is 5.28. The first-order chi connectivity index (χ1) is 13.7. The summed E-state index contributed by atoms with van der Waals surface area (Å²) in [5, 5.41) is 3.60. The molecule has 0 bridgehead atoms. The highest BCUT2D eigenvalue weighted by Crippen LogP contribution is 2.31. The third kappa shape index (κ3) is 4.36. The van der Waals surface area contributed by atoms with Crippen molar-refractivity contribution < 1.29 is 9.53 Å². The average molecular weight is 402 g/mol. The number of carbonyl (C=O) groups excluding carboxylic acids is 1. The highest BCUT2D eigenvalue weighted by Gasteiger charge is 2.28. The number of carbonyl (C=O) groups is 1. The number of hydrogen-bond donors (Lipinski definition) is 1. The number of halogens is 1. The van der Waals surface area contributed by atoms with Gasteiger partial charge in [0.15, 0.2) is 5.82 Å². The molecule has 0 saturated carbocycles. The maximum absolute atomic E-state index is 12.6. The van der Waals surface area contributed by atoms with Gasteiger partial charge in [0.2, 0.25) is 5.91 Å². The predicted octanol–water partition coefficient (Wildman–Crippen LogP) is 2.82. The summed E-state index contributed by atoms with van der Waals surface area (Å²) in [6.07, 6.45) is 5.07. The highest BCUT2D eigenvalue weighted by molar-refractivity contribution is 6.30. The summed E-state index contributed by atoms with van der Waals surface area (Å²) >= 11 is 6.00. The standard InChI is InChI=1S/C20H24ClN5O2/c21-16-2-1-3-17(12-16)24-20(27)15-4-6-25(7-5-15)18-13-22-14-23-19(18)26-8-10-28-11-9-26/h1-3,12-15H,4-11H2,(H,24,27). The zero-order valence-corrected chi connectivity index (χ0v) is 16.4. The first-order valence-corrected chi connectivity index (χ1v) is 10.0. The number of benzene rings is 1. The number of nitrogens with zero attached hydrogens (tertiary/aromatic N) is 4. The SMILES string of the molecule is O=C(Nc1cccc(Cl)c1)C1CCN(c2cncnc2N2CCOCC2)CC1. The minimum Gasteiger partial charge on any atom is -0.378 e. The Labute approximate surface area is 169 Å². The molecule has 2 aromatic rings. The molecule has 4 rings (SSSR count). The van der Waals surface area contributed by atoms with E-state index < -0.39 is 0 Å². The molecule has 7 nitrogen and oxygen atoms in total. The summed E-state index contributed by atoms with van der Waals surface area (Å²) < 4.78 is 5.45. The smallest absolute Gasteiger partial charge is 0.227 e. The number of piperidine rings is 1. The second-order valence-corrected chi connectivity index (χ2v) is 7.53. The highest BCUT2D eigenvalue weighted by atomic mass is 35.5. The number of aromatic nitrogens is 2. The van der Waals surface area contributed by atoms with E-state index in [-0.39, 0.29) is 11.8 Å². The van der Waals surface area contributed by atoms with Crippen molar-refractivity contribution in [3.05, 3.63) is 41.8 Å². The van der Waals surface area contributed by atoms with Crippen LogP contribution in [0.25, 0.3) is 0 Å². The lowest BCUT2D eigenvalue weighted by Crippen LogP contribution is -2.41. The fourth-order valence-electron chi connectivity index (χ4n) is 3.75. The van der Waals surface area contributed by atoms with Crippen molar-refractivity contribution in [1.29, 1.82) is 0 Å². The molecule has 2 saturated heterocycles. The van der Waals surface area contributed by atoms with Gasteiger partial charge in [0, 0.05) is 42.8 Å². The molecule has 1 amide bonds. The van der Waals surface area contributed by atoms with Gasteiger partial charge >= 0.3 is 0 Å². The number of amides is 1. The van der Waals surface area contributed by atoms with Crippen LogP contribution in [0, 0.1) is 5.92 Å². The molecular weight excluding hydrogens is 378 g/mol. The second-order valence-electron chi connectivity index (χ2n) is 7.09. The fraction of sp³-hybridized carbons (Fsp3) is 0.450. The molecule has 28 heavy (non-hydrogen) atoms. The Morgan fingerprint density at radius 1 is 1.14 bits per heavy atom. The summed E-state index contributed by atoms with van der Waals surface area (Å²) in [4.78, 5) is 25.9. The molecule has 2 aliphatic heterocycles. The van der Waals surface area contributed by atoms with Crippen LogP contribution in [0.5, 0.6) is 0 Å². The van der Waals surface area contributed by atoms with E-state index in [0.717, 1.165) is 69.4 Å². The third-order valence-corrected chi connectivity index (χ3v) is 5.52. The maximum Gasteiger partial charge on any atom is 0.227 e. The number of ether oxygens (including phenoxy) is 1. The van der Waals surface area contributed by atoms with Crippen LogP contribution >= 0.6 is 11.6 Å². The molecule has 0 spiro atoms. The largest absolute Gasteiger partial charge is 0.378 e. The predicted molar refractivity (Wildman–Crippen MR) is 110 cm³/mol. The topological polar surface area (TPSA) is 70.6 Å². The Hall–Kier alpha value is -2.38. The van der Waals surface area contributed by atoms with E-state index in [4.69, 9.17) is 16.3 Å². The molecule has 3 heterocycles. The number of anilines is 3. The molecular formula is C20H24ClN5O2. The lowest BCUT2D eigenvalue weighted by Gasteiger charge is -2.36. The number of morpholine rings is 1. The van der Waals surface area contributed by atoms with Gasteiger partial charge in [0.25, 0.3) is 0 Å². The Balaban J connectivity index is 1.38. The summed E-state index contributed by atoms with van der Waals surface area (Å²) in [6.45, 7) is 4.71. The number of rotatable bonds is 4. The molecule has 0 aliphatic carbocycles. The van der Waals surface area contributed by atoms with E-state index in [1.165, 1.54) is 0 Å². The Morgan fingerprint density at radius 2 is 1.93 bits per heavy atom. The molecule has 1 aromatic carbocycles. The maximum atomic E-state index is 12.6. The molecule has 2 aliphatic rings. The van der Waals surface area contributed by atoms with Crippen molar-refractivity contribution in [2.75, 3.05) is 54.5 Å². The van der Waals surface area contributed by atoms with E-state index in [1.54, 1.807) is 18.5 Å². The van der Waals surface area contributed by atoms with Crippen LogP contribution in [0.4, 0.5) is 17.2 Å². The van der Waals surface area contributed by atoms with Gasteiger partial charge in [0.05, 0.1) is 25.1 Å². The Kier molecular flexibility index (Phi) is 5.92. The van der Waals surface area contributed by atoms with Crippen molar-refractivity contribution in [3.8, 4) is 0 Å². The summed E-state index contributed by atoms with van der Waals surface area (Å²) in [7, 11) is 0. The van der Waals surface area contributed by atoms with Crippen molar-refractivity contribution in [3.63, 3.8) is 0 Å². The van der Waals surface area contributed by atoms with Crippen LogP contribution in [0.3, 0.4) is 0 Å². The fourth-order valence-corrected chi connectivity index (χ4v) is 3.94. The van der Waals surface area contributed by atoms with E-state index >= 15 is 0 Å². The molecule has 148 valence electrons.